The number of hydrogen-bond acceptors (Lipinski definition) is 3. The number of anilines is 1. The smallest absolute Gasteiger partial charge is 0.141 e. The molecule has 0 amide bonds. The van der Waals surface area contributed by atoms with Gasteiger partial charge in [-0.15, -0.1) is 0 Å². The second-order valence-electron chi connectivity index (χ2n) is 2.36. The predicted octanol–water partition coefficient (Wildman–Crippen LogP) is 2.24. The van der Waals surface area contributed by atoms with Crippen molar-refractivity contribution in [1.82, 2.24) is 0 Å². The summed E-state index contributed by atoms with van der Waals surface area (Å²) in [5.41, 5.74) is 5.32. The van der Waals surface area contributed by atoms with Gasteiger partial charge in [-0.2, -0.15) is 0 Å². The van der Waals surface area contributed by atoms with Crippen molar-refractivity contribution in [2.75, 3.05) is 18.8 Å². The fourth-order valence-corrected chi connectivity index (χ4v) is 1.46. The second kappa shape index (κ2) is 4.43. The normalized spacial score (nSPS) is 10.4. The van der Waals surface area contributed by atoms with E-state index in [4.69, 9.17) is 5.73 Å². The molecule has 1 rings (SSSR count). The number of nitrogen functional groups attached to an aromatic ring is 1. The van der Waals surface area contributed by atoms with Crippen LogP contribution in [-0.2, 0) is 4.74 Å². The molecule has 0 heterocycles. The zero-order chi connectivity index (χ0) is 9.84. The van der Waals surface area contributed by atoms with Crippen molar-refractivity contribution in [2.24, 2.45) is 0 Å². The molecule has 72 valence electrons. The van der Waals surface area contributed by atoms with Crippen molar-refractivity contribution in [3.8, 4) is 0 Å². The van der Waals surface area contributed by atoms with Crippen molar-refractivity contribution in [1.29, 1.82) is 0 Å². The number of rotatable bonds is 3. The molecule has 5 heteroatoms. The minimum Gasteiger partial charge on any atom is -0.399 e. The molecule has 0 atom stereocenters. The van der Waals surface area contributed by atoms with Gasteiger partial charge >= 0.3 is 0 Å². The lowest BCUT2D eigenvalue weighted by Gasteiger charge is -2.04. The quantitative estimate of drug-likeness (QED) is 0.467. The first-order valence-corrected chi connectivity index (χ1v) is 4.50. The summed E-state index contributed by atoms with van der Waals surface area (Å²) in [6, 6.07) is 2.17. The van der Waals surface area contributed by atoms with Gasteiger partial charge in [0.15, 0.2) is 0 Å². The molecule has 0 spiro atoms. The van der Waals surface area contributed by atoms with Crippen LogP contribution in [0.2, 0.25) is 0 Å². The van der Waals surface area contributed by atoms with E-state index in [1.54, 1.807) is 0 Å². The Kier molecular flexibility index (Phi) is 3.50. The van der Waals surface area contributed by atoms with Gasteiger partial charge in [0, 0.05) is 12.8 Å². The fraction of sp³-hybridized carbons (Fsp3) is 0.250. The lowest BCUT2D eigenvalue weighted by atomic mass is 10.3. The van der Waals surface area contributed by atoms with Crippen LogP contribution in [0.5, 0.6) is 0 Å². The van der Waals surface area contributed by atoms with E-state index < -0.39 is 11.6 Å². The molecule has 0 aliphatic heterocycles. The lowest BCUT2D eigenvalue weighted by molar-refractivity contribution is 0.258. The first kappa shape index (κ1) is 10.3. The van der Waals surface area contributed by atoms with Gasteiger partial charge in [-0.1, -0.05) is 11.8 Å². The van der Waals surface area contributed by atoms with E-state index >= 15 is 0 Å². The van der Waals surface area contributed by atoms with Gasteiger partial charge in [0.05, 0.1) is 10.8 Å². The molecule has 0 bridgehead atoms. The molecule has 2 N–H and O–H groups in total. The van der Waals surface area contributed by atoms with Crippen LogP contribution >= 0.6 is 11.8 Å². The first-order chi connectivity index (χ1) is 6.15. The summed E-state index contributed by atoms with van der Waals surface area (Å²) in [4.78, 5) is -0.0592. The van der Waals surface area contributed by atoms with Gasteiger partial charge in [0.1, 0.15) is 11.6 Å². The molecule has 0 radical (unpaired) electrons. The van der Waals surface area contributed by atoms with Gasteiger partial charge in [-0.3, -0.25) is 0 Å². The molecular formula is C8H9F2NOS. The molecule has 0 saturated carbocycles. The molecule has 2 nitrogen and oxygen atoms in total. The minimum atomic E-state index is -0.653. The average Bonchev–Trinajstić information content (AvgIpc) is 2.02. The van der Waals surface area contributed by atoms with Crippen LogP contribution in [-0.4, -0.2) is 13.0 Å². The van der Waals surface area contributed by atoms with E-state index in [0.29, 0.717) is 0 Å². The molecule has 1 aromatic carbocycles. The number of methoxy groups -OCH3 is 1. The summed E-state index contributed by atoms with van der Waals surface area (Å²) in [7, 11) is 1.46. The van der Waals surface area contributed by atoms with Gasteiger partial charge in [0.25, 0.3) is 0 Å². The number of benzene rings is 1. The van der Waals surface area contributed by atoms with Gasteiger partial charge in [0.2, 0.25) is 0 Å². The number of thioether (sulfide) groups is 1. The van der Waals surface area contributed by atoms with Gasteiger partial charge in [-0.05, 0) is 12.1 Å². The van der Waals surface area contributed by atoms with Gasteiger partial charge in [-0.25, -0.2) is 8.78 Å². The topological polar surface area (TPSA) is 35.2 Å². The van der Waals surface area contributed by atoms with E-state index in [0.717, 1.165) is 23.9 Å². The first-order valence-electron chi connectivity index (χ1n) is 3.51. The van der Waals surface area contributed by atoms with Crippen LogP contribution in [0.25, 0.3) is 0 Å². The SMILES string of the molecule is COCSc1c(F)cc(N)cc1F. The molecule has 0 unspecified atom stereocenters. The lowest BCUT2D eigenvalue weighted by Crippen LogP contribution is -1.94. The second-order valence-corrected chi connectivity index (χ2v) is 3.30. The van der Waals surface area contributed by atoms with E-state index in [-0.39, 0.29) is 16.5 Å². The summed E-state index contributed by atoms with van der Waals surface area (Å²) in [5.74, 6) is -1.10. The van der Waals surface area contributed by atoms with Crippen LogP contribution in [0, 0.1) is 11.6 Å². The molecule has 0 aliphatic carbocycles. The standard InChI is InChI=1S/C8H9F2NOS/c1-12-4-13-8-6(9)2-5(11)3-7(8)10/h2-3H,4,11H2,1H3. The maximum Gasteiger partial charge on any atom is 0.141 e. The van der Waals surface area contributed by atoms with Crippen LogP contribution < -0.4 is 5.73 Å². The fourth-order valence-electron chi connectivity index (χ4n) is 0.835. The third kappa shape index (κ3) is 2.57. The zero-order valence-corrected chi connectivity index (χ0v) is 7.83. The van der Waals surface area contributed by atoms with Crippen molar-refractivity contribution in [3.63, 3.8) is 0 Å². The van der Waals surface area contributed by atoms with Gasteiger partial charge < -0.3 is 10.5 Å². The third-order valence-electron chi connectivity index (χ3n) is 1.34. The Morgan fingerprint density at radius 2 is 1.92 bits per heavy atom. The maximum absolute atomic E-state index is 13.0. The van der Waals surface area contributed by atoms with Crippen molar-refractivity contribution >= 4 is 17.4 Å². The summed E-state index contributed by atoms with van der Waals surface area (Å²) >= 11 is 0.955. The van der Waals surface area contributed by atoms with E-state index in [2.05, 4.69) is 4.74 Å². The molecule has 0 aromatic heterocycles. The monoisotopic (exact) mass is 205 g/mol. The van der Waals surface area contributed by atoms with E-state index in [1.165, 1.54) is 7.11 Å². The Morgan fingerprint density at radius 1 is 1.38 bits per heavy atom. The molecule has 13 heavy (non-hydrogen) atoms. The Bertz CT molecular complexity index is 283. The largest absolute Gasteiger partial charge is 0.399 e. The summed E-state index contributed by atoms with van der Waals surface area (Å²) in [6.45, 7) is 0. The third-order valence-corrected chi connectivity index (χ3v) is 2.37. The Hall–Kier alpha value is -0.810. The molecule has 0 saturated heterocycles. The number of ether oxygens (including phenoxy) is 1. The number of hydrogen-bond donors (Lipinski definition) is 1. The number of nitrogens with two attached hydrogens (primary N) is 1. The highest BCUT2D eigenvalue weighted by Crippen LogP contribution is 2.26. The minimum absolute atomic E-state index is 0.0592. The molecule has 0 aliphatic rings. The Morgan fingerprint density at radius 3 is 2.38 bits per heavy atom. The summed E-state index contributed by atoms with van der Waals surface area (Å²) in [5, 5.41) is 0. The highest BCUT2D eigenvalue weighted by Gasteiger charge is 2.10. The van der Waals surface area contributed by atoms with E-state index in [9.17, 15) is 8.78 Å². The molecule has 1 aromatic rings. The van der Waals surface area contributed by atoms with E-state index in [1.807, 2.05) is 0 Å². The van der Waals surface area contributed by atoms with Crippen LogP contribution in [0.4, 0.5) is 14.5 Å². The molecule has 0 fully saturated rings. The Labute approximate surface area is 79.1 Å². The summed E-state index contributed by atoms with van der Waals surface area (Å²) < 4.78 is 30.8. The number of halogens is 2. The zero-order valence-electron chi connectivity index (χ0n) is 7.01. The maximum atomic E-state index is 13.0. The molecular weight excluding hydrogens is 196 g/mol. The predicted molar refractivity (Wildman–Crippen MR) is 48.5 cm³/mol. The van der Waals surface area contributed by atoms with Crippen molar-refractivity contribution in [2.45, 2.75) is 4.90 Å². The van der Waals surface area contributed by atoms with Crippen molar-refractivity contribution < 1.29 is 13.5 Å². The highest BCUT2D eigenvalue weighted by atomic mass is 32.2. The Balaban J connectivity index is 2.92. The van der Waals surface area contributed by atoms with Crippen LogP contribution in [0.1, 0.15) is 0 Å². The highest BCUT2D eigenvalue weighted by molar-refractivity contribution is 7.99. The van der Waals surface area contributed by atoms with Crippen LogP contribution in [0.15, 0.2) is 17.0 Å². The summed E-state index contributed by atoms with van der Waals surface area (Å²) in [6.07, 6.45) is 0. The van der Waals surface area contributed by atoms with Crippen LogP contribution in [0.3, 0.4) is 0 Å². The average molecular weight is 205 g/mol. The van der Waals surface area contributed by atoms with Crippen molar-refractivity contribution in [3.05, 3.63) is 23.8 Å².